The summed E-state index contributed by atoms with van der Waals surface area (Å²) < 4.78 is 0. The quantitative estimate of drug-likeness (QED) is 0.606. The Balaban J connectivity index is 2.12. The molecular formula is C18H12Cl3NO2S. The monoisotopic (exact) mass is 411 g/mol. The first-order chi connectivity index (χ1) is 11.9. The smallest absolute Gasteiger partial charge is 0.268 e. The zero-order chi connectivity index (χ0) is 18.1. The van der Waals surface area contributed by atoms with E-state index in [1.54, 1.807) is 42.5 Å². The number of anilines is 1. The molecule has 128 valence electrons. The number of rotatable bonds is 4. The Morgan fingerprint density at radius 2 is 1.56 bits per heavy atom. The van der Waals surface area contributed by atoms with Crippen LogP contribution in [0.15, 0.2) is 47.4 Å². The van der Waals surface area contributed by atoms with Gasteiger partial charge in [-0.15, -0.1) is 11.8 Å². The van der Waals surface area contributed by atoms with Crippen molar-refractivity contribution in [2.45, 2.75) is 6.92 Å². The van der Waals surface area contributed by atoms with Gasteiger partial charge < -0.3 is 0 Å². The number of halogens is 3. The first-order valence-electron chi connectivity index (χ1n) is 7.41. The van der Waals surface area contributed by atoms with E-state index in [-0.39, 0.29) is 5.91 Å². The van der Waals surface area contributed by atoms with Gasteiger partial charge >= 0.3 is 0 Å². The molecule has 7 heteroatoms. The molecule has 0 atom stereocenters. The summed E-state index contributed by atoms with van der Waals surface area (Å²) in [5, 5.41) is 1.32. The third-order valence-corrected chi connectivity index (χ3v) is 5.37. The molecule has 3 nitrogen and oxygen atoms in total. The molecule has 0 bridgehead atoms. The molecule has 2 aromatic rings. The Morgan fingerprint density at radius 3 is 2.16 bits per heavy atom. The molecule has 1 aliphatic rings. The van der Waals surface area contributed by atoms with E-state index in [0.29, 0.717) is 42.5 Å². The molecule has 2 aromatic carbocycles. The number of hydrogen-bond acceptors (Lipinski definition) is 3. The number of carbonyl (C=O) groups is 2. The van der Waals surface area contributed by atoms with Gasteiger partial charge in [-0.05, 0) is 42.2 Å². The van der Waals surface area contributed by atoms with Crippen molar-refractivity contribution in [3.63, 3.8) is 0 Å². The van der Waals surface area contributed by atoms with Crippen LogP contribution >= 0.6 is 46.6 Å². The Kier molecular flexibility index (Phi) is 5.44. The van der Waals surface area contributed by atoms with Crippen molar-refractivity contribution in [2.75, 3.05) is 10.7 Å². The standard InChI is InChI=1S/C18H12Cl3NO2S/c1-2-25-16-15(13-8-5-11(20)9-14(13)21)17(23)22(18(16)24)12-6-3-10(19)4-7-12/h3-9H,2H2,1H3. The summed E-state index contributed by atoms with van der Waals surface area (Å²) in [7, 11) is 0. The molecule has 0 N–H and O–H groups in total. The SMILES string of the molecule is CCSC1=C(c2ccc(Cl)cc2Cl)C(=O)N(c2ccc(Cl)cc2)C1=O. The van der Waals surface area contributed by atoms with Crippen LogP contribution in [0.2, 0.25) is 15.1 Å². The van der Waals surface area contributed by atoms with Gasteiger partial charge in [-0.2, -0.15) is 0 Å². The van der Waals surface area contributed by atoms with Gasteiger partial charge in [-0.1, -0.05) is 47.8 Å². The van der Waals surface area contributed by atoms with Gasteiger partial charge in [0.25, 0.3) is 11.8 Å². The van der Waals surface area contributed by atoms with Gasteiger partial charge in [0.2, 0.25) is 0 Å². The summed E-state index contributed by atoms with van der Waals surface area (Å²) in [5.74, 6) is -0.120. The van der Waals surface area contributed by atoms with Crippen molar-refractivity contribution in [2.24, 2.45) is 0 Å². The van der Waals surface area contributed by atoms with Crippen LogP contribution in [0.5, 0.6) is 0 Å². The van der Waals surface area contributed by atoms with Crippen LogP contribution in [0.25, 0.3) is 5.57 Å². The number of benzene rings is 2. The normalized spacial score (nSPS) is 14.6. The third-order valence-electron chi connectivity index (χ3n) is 3.62. The van der Waals surface area contributed by atoms with E-state index in [0.717, 1.165) is 4.90 Å². The van der Waals surface area contributed by atoms with Gasteiger partial charge in [0.15, 0.2) is 0 Å². The minimum absolute atomic E-state index is 0.300. The Hall–Kier alpha value is -1.46. The highest BCUT2D eigenvalue weighted by atomic mass is 35.5. The lowest BCUT2D eigenvalue weighted by atomic mass is 10.1. The fourth-order valence-corrected chi connectivity index (χ4v) is 4.02. The molecular weight excluding hydrogens is 401 g/mol. The van der Waals surface area contributed by atoms with E-state index >= 15 is 0 Å². The van der Waals surface area contributed by atoms with Crippen molar-refractivity contribution >= 4 is 69.6 Å². The first-order valence-corrected chi connectivity index (χ1v) is 9.52. The van der Waals surface area contributed by atoms with Gasteiger partial charge in [-0.3, -0.25) is 9.59 Å². The molecule has 1 aliphatic heterocycles. The summed E-state index contributed by atoms with van der Waals surface area (Å²) in [6.45, 7) is 1.92. The lowest BCUT2D eigenvalue weighted by Crippen LogP contribution is -2.31. The largest absolute Gasteiger partial charge is 0.272 e. The van der Waals surface area contributed by atoms with E-state index in [9.17, 15) is 9.59 Å². The Morgan fingerprint density at radius 1 is 0.920 bits per heavy atom. The topological polar surface area (TPSA) is 37.4 Å². The van der Waals surface area contributed by atoms with Crippen LogP contribution in [-0.2, 0) is 9.59 Å². The highest BCUT2D eigenvalue weighted by molar-refractivity contribution is 8.04. The number of thioether (sulfide) groups is 1. The maximum Gasteiger partial charge on any atom is 0.272 e. The number of imide groups is 1. The van der Waals surface area contributed by atoms with Crippen LogP contribution in [-0.4, -0.2) is 17.6 Å². The summed E-state index contributed by atoms with van der Waals surface area (Å²) in [5.41, 5.74) is 1.26. The lowest BCUT2D eigenvalue weighted by Gasteiger charge is -2.15. The zero-order valence-corrected chi connectivity index (χ0v) is 16.1. The molecule has 25 heavy (non-hydrogen) atoms. The van der Waals surface area contributed by atoms with E-state index in [4.69, 9.17) is 34.8 Å². The van der Waals surface area contributed by atoms with Crippen LogP contribution in [0.4, 0.5) is 5.69 Å². The first kappa shape index (κ1) is 18.3. The van der Waals surface area contributed by atoms with Crippen LogP contribution in [0, 0.1) is 0 Å². The number of nitrogens with zero attached hydrogens (tertiary/aromatic N) is 1. The molecule has 0 spiro atoms. The summed E-state index contributed by atoms with van der Waals surface area (Å²) in [4.78, 5) is 27.4. The molecule has 0 radical (unpaired) electrons. The lowest BCUT2D eigenvalue weighted by molar-refractivity contribution is -0.119. The molecule has 0 aromatic heterocycles. The van der Waals surface area contributed by atoms with Gasteiger partial charge in [0.05, 0.1) is 21.2 Å². The summed E-state index contributed by atoms with van der Waals surface area (Å²) >= 11 is 19.4. The maximum absolute atomic E-state index is 13.0. The second-order valence-electron chi connectivity index (χ2n) is 5.18. The molecule has 0 saturated heterocycles. The minimum Gasteiger partial charge on any atom is -0.268 e. The van der Waals surface area contributed by atoms with Crippen LogP contribution < -0.4 is 4.90 Å². The summed E-state index contributed by atoms with van der Waals surface area (Å²) in [6.07, 6.45) is 0. The maximum atomic E-state index is 13.0. The average molecular weight is 413 g/mol. The fourth-order valence-electron chi connectivity index (χ4n) is 2.54. The van der Waals surface area contributed by atoms with Crippen molar-refractivity contribution in [1.82, 2.24) is 0 Å². The predicted molar refractivity (Wildman–Crippen MR) is 105 cm³/mol. The van der Waals surface area contributed by atoms with Crippen molar-refractivity contribution in [3.05, 3.63) is 68.0 Å². The molecule has 0 saturated carbocycles. The predicted octanol–water partition coefficient (Wildman–Crippen LogP) is 5.68. The molecule has 3 rings (SSSR count). The summed E-state index contributed by atoms with van der Waals surface area (Å²) in [6, 6.07) is 11.4. The van der Waals surface area contributed by atoms with Gasteiger partial charge in [0.1, 0.15) is 0 Å². The van der Waals surface area contributed by atoms with Crippen molar-refractivity contribution in [1.29, 1.82) is 0 Å². The van der Waals surface area contributed by atoms with Crippen LogP contribution in [0.3, 0.4) is 0 Å². The highest BCUT2D eigenvalue weighted by Gasteiger charge is 2.40. The number of hydrogen-bond donors (Lipinski definition) is 0. The molecule has 0 unspecified atom stereocenters. The van der Waals surface area contributed by atoms with Crippen molar-refractivity contribution < 1.29 is 9.59 Å². The molecule has 0 fully saturated rings. The molecule has 2 amide bonds. The Labute approximate surface area is 164 Å². The molecule has 1 heterocycles. The Bertz CT molecular complexity index is 894. The average Bonchev–Trinajstić information content (AvgIpc) is 2.80. The van der Waals surface area contributed by atoms with Gasteiger partial charge in [-0.25, -0.2) is 4.90 Å². The van der Waals surface area contributed by atoms with E-state index in [1.165, 1.54) is 11.8 Å². The fraction of sp³-hybridized carbons (Fsp3) is 0.111. The third kappa shape index (κ3) is 3.44. The number of amides is 2. The second kappa shape index (κ2) is 7.42. The van der Waals surface area contributed by atoms with E-state index < -0.39 is 5.91 Å². The van der Waals surface area contributed by atoms with Crippen molar-refractivity contribution in [3.8, 4) is 0 Å². The van der Waals surface area contributed by atoms with Crippen LogP contribution in [0.1, 0.15) is 12.5 Å². The second-order valence-corrected chi connectivity index (χ2v) is 7.74. The van der Waals surface area contributed by atoms with E-state index in [2.05, 4.69) is 0 Å². The van der Waals surface area contributed by atoms with E-state index in [1.807, 2.05) is 6.92 Å². The minimum atomic E-state index is -0.410. The molecule has 0 aliphatic carbocycles. The highest BCUT2D eigenvalue weighted by Crippen LogP contribution is 2.41. The number of carbonyl (C=O) groups excluding carboxylic acids is 2. The van der Waals surface area contributed by atoms with Gasteiger partial charge in [0, 0.05) is 15.6 Å². The zero-order valence-electron chi connectivity index (χ0n) is 13.1.